The molecular weight excluding hydrogens is 345 g/mol. The zero-order chi connectivity index (χ0) is 16.8. The molecular formula is C14H9Cl2N3O4. The third kappa shape index (κ3) is 4.67. The van der Waals surface area contributed by atoms with Gasteiger partial charge in [0, 0.05) is 11.8 Å². The summed E-state index contributed by atoms with van der Waals surface area (Å²) in [5.74, 6) is -0.518. The van der Waals surface area contributed by atoms with Crippen LogP contribution in [0.2, 0.25) is 10.0 Å². The second-order valence-electron chi connectivity index (χ2n) is 4.14. The number of benzene rings is 1. The van der Waals surface area contributed by atoms with Crippen molar-refractivity contribution in [3.05, 3.63) is 67.9 Å². The van der Waals surface area contributed by atoms with E-state index in [1.165, 1.54) is 48.7 Å². The van der Waals surface area contributed by atoms with E-state index < -0.39 is 10.8 Å². The van der Waals surface area contributed by atoms with E-state index in [9.17, 15) is 14.9 Å². The Morgan fingerprint density at radius 1 is 1.26 bits per heavy atom. The maximum absolute atomic E-state index is 11.8. The van der Waals surface area contributed by atoms with E-state index in [4.69, 9.17) is 27.6 Å². The summed E-state index contributed by atoms with van der Waals surface area (Å²) in [4.78, 5) is 21.6. The van der Waals surface area contributed by atoms with Crippen LogP contribution in [0.25, 0.3) is 6.08 Å². The Labute approximate surface area is 140 Å². The van der Waals surface area contributed by atoms with Crippen LogP contribution in [-0.2, 0) is 0 Å². The van der Waals surface area contributed by atoms with E-state index in [0.717, 1.165) is 0 Å². The predicted molar refractivity (Wildman–Crippen MR) is 86.8 cm³/mol. The zero-order valence-electron chi connectivity index (χ0n) is 11.4. The molecule has 0 aliphatic carbocycles. The largest absolute Gasteiger partial charge is 0.433 e. The summed E-state index contributed by atoms with van der Waals surface area (Å²) < 4.78 is 4.90. The van der Waals surface area contributed by atoms with Gasteiger partial charge in [0.15, 0.2) is 0 Å². The predicted octanol–water partition coefficient (Wildman–Crippen LogP) is 3.92. The lowest BCUT2D eigenvalue weighted by Crippen LogP contribution is -2.17. The smallest absolute Gasteiger partial charge is 0.401 e. The molecule has 0 saturated heterocycles. The van der Waals surface area contributed by atoms with E-state index >= 15 is 0 Å². The van der Waals surface area contributed by atoms with Crippen molar-refractivity contribution in [2.75, 3.05) is 0 Å². The first-order chi connectivity index (χ1) is 11.0. The van der Waals surface area contributed by atoms with Gasteiger partial charge in [-0.25, -0.2) is 5.43 Å². The molecule has 1 aromatic heterocycles. The number of nitrogens with one attached hydrogen (secondary N) is 1. The van der Waals surface area contributed by atoms with Gasteiger partial charge in [-0.05, 0) is 36.4 Å². The number of hydrogen-bond donors (Lipinski definition) is 1. The van der Waals surface area contributed by atoms with Gasteiger partial charge in [-0.1, -0.05) is 23.2 Å². The number of carbonyl (C=O) groups excluding carboxylic acids is 1. The molecule has 0 saturated carbocycles. The lowest BCUT2D eigenvalue weighted by atomic mass is 10.2. The summed E-state index contributed by atoms with van der Waals surface area (Å²) in [6, 6.07) is 7.12. The van der Waals surface area contributed by atoms with Gasteiger partial charge in [-0.3, -0.25) is 14.9 Å². The minimum absolute atomic E-state index is 0.266. The van der Waals surface area contributed by atoms with E-state index in [1.807, 2.05) is 0 Å². The highest BCUT2D eigenvalue weighted by Crippen LogP contribution is 2.22. The molecule has 1 heterocycles. The van der Waals surface area contributed by atoms with Crippen molar-refractivity contribution in [1.82, 2.24) is 5.43 Å². The summed E-state index contributed by atoms with van der Waals surface area (Å²) >= 11 is 11.6. The molecule has 118 valence electrons. The van der Waals surface area contributed by atoms with Gasteiger partial charge in [0.05, 0.1) is 16.1 Å². The van der Waals surface area contributed by atoms with Crippen molar-refractivity contribution in [3.63, 3.8) is 0 Å². The molecule has 2 rings (SSSR count). The van der Waals surface area contributed by atoms with Crippen LogP contribution in [0.3, 0.4) is 0 Å². The fourth-order valence-electron chi connectivity index (χ4n) is 1.51. The standard InChI is InChI=1S/C14H9Cl2N3O4/c15-11-5-3-9(8-12(11)16)14(20)18-17-7-1-2-10-4-6-13(23-10)19(21)22/h1-8H,(H,18,20)/b2-1+,17-7-. The monoisotopic (exact) mass is 353 g/mol. The van der Waals surface area contributed by atoms with Gasteiger partial charge in [0.1, 0.15) is 10.7 Å². The second-order valence-corrected chi connectivity index (χ2v) is 4.95. The van der Waals surface area contributed by atoms with Crippen molar-refractivity contribution < 1.29 is 14.1 Å². The number of carbonyl (C=O) groups is 1. The number of nitro groups is 1. The third-order valence-electron chi connectivity index (χ3n) is 2.56. The molecule has 23 heavy (non-hydrogen) atoms. The summed E-state index contributed by atoms with van der Waals surface area (Å²) in [6.45, 7) is 0. The number of amides is 1. The van der Waals surface area contributed by atoms with Crippen LogP contribution in [0.1, 0.15) is 16.1 Å². The number of allylic oxidation sites excluding steroid dienone is 1. The Balaban J connectivity index is 1.90. The van der Waals surface area contributed by atoms with Crippen LogP contribution in [0.4, 0.5) is 5.88 Å². The lowest BCUT2D eigenvalue weighted by Gasteiger charge is -2.01. The summed E-state index contributed by atoms with van der Waals surface area (Å²) in [7, 11) is 0. The number of hydrogen-bond acceptors (Lipinski definition) is 5. The Kier molecular flexibility index (Phi) is 5.51. The van der Waals surface area contributed by atoms with Gasteiger partial charge in [0.25, 0.3) is 5.91 Å². The molecule has 0 aliphatic heterocycles. The first-order valence-corrected chi connectivity index (χ1v) is 6.92. The summed E-state index contributed by atoms with van der Waals surface area (Å²) in [6.07, 6.45) is 4.21. The van der Waals surface area contributed by atoms with Gasteiger partial charge < -0.3 is 4.42 Å². The topological polar surface area (TPSA) is 97.7 Å². The molecule has 7 nitrogen and oxygen atoms in total. The Hall–Kier alpha value is -2.64. The summed E-state index contributed by atoms with van der Waals surface area (Å²) in [5, 5.41) is 14.8. The van der Waals surface area contributed by atoms with Crippen molar-refractivity contribution >= 4 is 47.3 Å². The Morgan fingerprint density at radius 3 is 2.70 bits per heavy atom. The third-order valence-corrected chi connectivity index (χ3v) is 3.30. The van der Waals surface area contributed by atoms with Crippen LogP contribution >= 0.6 is 23.2 Å². The minimum atomic E-state index is -0.636. The normalized spacial score (nSPS) is 11.2. The van der Waals surface area contributed by atoms with Crippen molar-refractivity contribution in [2.24, 2.45) is 5.10 Å². The van der Waals surface area contributed by atoms with Crippen molar-refractivity contribution in [2.45, 2.75) is 0 Å². The van der Waals surface area contributed by atoms with Crippen molar-refractivity contribution in [1.29, 1.82) is 0 Å². The molecule has 1 aromatic carbocycles. The van der Waals surface area contributed by atoms with Crippen LogP contribution in [0, 0.1) is 10.1 Å². The molecule has 0 aliphatic rings. The van der Waals surface area contributed by atoms with E-state index in [2.05, 4.69) is 10.5 Å². The summed E-state index contributed by atoms with van der Waals surface area (Å²) in [5.41, 5.74) is 2.60. The van der Waals surface area contributed by atoms with Crippen LogP contribution in [0.5, 0.6) is 0 Å². The fraction of sp³-hybridized carbons (Fsp3) is 0. The van der Waals surface area contributed by atoms with Gasteiger partial charge in [0.2, 0.25) is 0 Å². The lowest BCUT2D eigenvalue weighted by molar-refractivity contribution is -0.402. The van der Waals surface area contributed by atoms with Crippen LogP contribution in [-0.4, -0.2) is 17.0 Å². The minimum Gasteiger partial charge on any atom is -0.401 e. The molecule has 1 amide bonds. The number of furan rings is 1. The average molecular weight is 354 g/mol. The number of rotatable bonds is 5. The first-order valence-electron chi connectivity index (χ1n) is 6.16. The molecule has 0 fully saturated rings. The zero-order valence-corrected chi connectivity index (χ0v) is 12.9. The number of hydrazone groups is 1. The highest BCUT2D eigenvalue weighted by Gasteiger charge is 2.09. The van der Waals surface area contributed by atoms with Gasteiger partial charge in [-0.15, -0.1) is 0 Å². The van der Waals surface area contributed by atoms with E-state index in [-0.39, 0.29) is 10.9 Å². The highest BCUT2D eigenvalue weighted by molar-refractivity contribution is 6.42. The van der Waals surface area contributed by atoms with Gasteiger partial charge in [-0.2, -0.15) is 5.10 Å². The fourth-order valence-corrected chi connectivity index (χ4v) is 1.81. The molecule has 9 heteroatoms. The number of halogens is 2. The number of nitrogens with zero attached hydrogens (tertiary/aromatic N) is 2. The Bertz CT molecular complexity index is 799. The van der Waals surface area contributed by atoms with Gasteiger partial charge >= 0.3 is 5.88 Å². The first kappa shape index (κ1) is 16.7. The highest BCUT2D eigenvalue weighted by atomic mass is 35.5. The average Bonchev–Trinajstić information content (AvgIpc) is 2.98. The molecule has 2 aromatic rings. The Morgan fingerprint density at radius 2 is 2.04 bits per heavy atom. The van der Waals surface area contributed by atoms with Crippen LogP contribution < -0.4 is 5.43 Å². The maximum Gasteiger partial charge on any atom is 0.433 e. The second kappa shape index (κ2) is 7.57. The van der Waals surface area contributed by atoms with E-state index in [0.29, 0.717) is 16.3 Å². The van der Waals surface area contributed by atoms with E-state index in [1.54, 1.807) is 0 Å². The molecule has 0 radical (unpaired) electrons. The SMILES string of the molecule is O=C(N/N=C\C=C\c1ccc([N+](=O)[O-])o1)c1ccc(Cl)c(Cl)c1. The quantitative estimate of drug-likeness (QED) is 0.500. The molecule has 0 unspecified atom stereocenters. The molecule has 0 atom stereocenters. The molecule has 0 bridgehead atoms. The van der Waals surface area contributed by atoms with Crippen LogP contribution in [0.15, 0.2) is 45.9 Å². The van der Waals surface area contributed by atoms with Crippen molar-refractivity contribution in [3.8, 4) is 0 Å². The maximum atomic E-state index is 11.8. The molecule has 0 spiro atoms. The molecule has 1 N–H and O–H groups in total.